The van der Waals surface area contributed by atoms with E-state index in [1.165, 1.54) is 23.5 Å². The summed E-state index contributed by atoms with van der Waals surface area (Å²) in [7, 11) is 0. The van der Waals surface area contributed by atoms with Gasteiger partial charge < -0.3 is 19.3 Å². The van der Waals surface area contributed by atoms with Gasteiger partial charge in [0.15, 0.2) is 0 Å². The first-order chi connectivity index (χ1) is 12.5. The van der Waals surface area contributed by atoms with Crippen molar-refractivity contribution in [2.24, 2.45) is 0 Å². The van der Waals surface area contributed by atoms with Crippen LogP contribution in [0.15, 0.2) is 12.2 Å². The zero-order chi connectivity index (χ0) is 19.1. The molecule has 0 aromatic heterocycles. The van der Waals surface area contributed by atoms with Crippen molar-refractivity contribution in [3.05, 3.63) is 12.2 Å². The van der Waals surface area contributed by atoms with Gasteiger partial charge in [0.05, 0.1) is 0 Å². The average Bonchev–Trinajstić information content (AvgIpc) is 2.63. The van der Waals surface area contributed by atoms with Crippen molar-refractivity contribution in [2.75, 3.05) is 37.7 Å². The predicted molar refractivity (Wildman–Crippen MR) is 104 cm³/mol. The second kappa shape index (κ2) is 9.86. The van der Waals surface area contributed by atoms with Crippen LogP contribution in [-0.2, 0) is 19.1 Å². The Bertz CT molecular complexity index is 549. The number of nitrogens with one attached hydrogen (secondary N) is 2. The Morgan fingerprint density at radius 2 is 1.35 bits per heavy atom. The molecule has 2 saturated heterocycles. The summed E-state index contributed by atoms with van der Waals surface area (Å²) in [6.45, 7) is 6.79. The summed E-state index contributed by atoms with van der Waals surface area (Å²) in [6, 6.07) is 0. The first-order valence-electron chi connectivity index (χ1n) is 8.45. The number of likely N-dealkylation sites (N-methyl/N-ethyl adjacent to an activating group) is 2. The molecular formula is C16H24N4O4S2. The summed E-state index contributed by atoms with van der Waals surface area (Å²) in [5.41, 5.74) is -1.31. The second-order valence-corrected chi connectivity index (χ2v) is 7.88. The first-order valence-corrected chi connectivity index (χ1v) is 10.5. The van der Waals surface area contributed by atoms with Gasteiger partial charge in [-0.15, -0.1) is 23.5 Å². The van der Waals surface area contributed by atoms with Crippen molar-refractivity contribution >= 4 is 47.1 Å². The monoisotopic (exact) mass is 400 g/mol. The van der Waals surface area contributed by atoms with Crippen LogP contribution in [0.4, 0.5) is 0 Å². The van der Waals surface area contributed by atoms with E-state index < -0.39 is 22.8 Å². The minimum absolute atomic E-state index is 0.264. The van der Waals surface area contributed by atoms with Crippen LogP contribution in [0, 0.1) is 10.8 Å². The van der Waals surface area contributed by atoms with E-state index in [1.54, 1.807) is 0 Å². The molecule has 0 radical (unpaired) electrons. The van der Waals surface area contributed by atoms with E-state index in [4.69, 9.17) is 20.3 Å². The second-order valence-electron chi connectivity index (χ2n) is 5.54. The lowest BCUT2D eigenvalue weighted by atomic mass is 10.4. The molecule has 0 aromatic carbocycles. The molecule has 2 N–H and O–H groups in total. The fraction of sp³-hybridized carbons (Fsp3) is 0.625. The van der Waals surface area contributed by atoms with Crippen LogP contribution in [0.5, 0.6) is 0 Å². The van der Waals surface area contributed by atoms with Crippen molar-refractivity contribution in [1.29, 1.82) is 10.8 Å². The minimum atomic E-state index is -0.691. The highest BCUT2D eigenvalue weighted by Crippen LogP contribution is 2.22. The van der Waals surface area contributed by atoms with Gasteiger partial charge in [-0.2, -0.15) is 0 Å². The Balaban J connectivity index is 1.82. The van der Waals surface area contributed by atoms with E-state index in [2.05, 4.69) is 0 Å². The number of nitrogens with zero attached hydrogens (tertiary/aromatic N) is 2. The number of amidine groups is 2. The van der Waals surface area contributed by atoms with Crippen LogP contribution in [0.3, 0.4) is 0 Å². The SMILES string of the molecule is CCN1CCSC(OC(=O)/C=C/C(=O)OC2SCCN(CC)C2=N)C1=N. The van der Waals surface area contributed by atoms with E-state index in [0.717, 1.165) is 36.7 Å². The van der Waals surface area contributed by atoms with E-state index in [0.29, 0.717) is 13.1 Å². The summed E-state index contributed by atoms with van der Waals surface area (Å²) in [6.07, 6.45) is 2.02. The lowest BCUT2D eigenvalue weighted by Crippen LogP contribution is -2.44. The fourth-order valence-corrected chi connectivity index (χ4v) is 4.52. The molecule has 2 unspecified atom stereocenters. The zero-order valence-corrected chi connectivity index (χ0v) is 16.5. The van der Waals surface area contributed by atoms with Gasteiger partial charge in [0.1, 0.15) is 11.7 Å². The zero-order valence-electron chi connectivity index (χ0n) is 14.9. The van der Waals surface area contributed by atoms with Crippen molar-refractivity contribution in [3.63, 3.8) is 0 Å². The van der Waals surface area contributed by atoms with Gasteiger partial charge in [0.2, 0.25) is 10.9 Å². The van der Waals surface area contributed by atoms with Gasteiger partial charge in [-0.3, -0.25) is 10.8 Å². The van der Waals surface area contributed by atoms with E-state index >= 15 is 0 Å². The molecule has 144 valence electrons. The van der Waals surface area contributed by atoms with Crippen LogP contribution in [0.2, 0.25) is 0 Å². The molecule has 0 aromatic rings. The molecule has 0 amide bonds. The van der Waals surface area contributed by atoms with Crippen LogP contribution in [0.25, 0.3) is 0 Å². The predicted octanol–water partition coefficient (Wildman–Crippen LogP) is 1.37. The lowest BCUT2D eigenvalue weighted by Gasteiger charge is -2.33. The fourth-order valence-electron chi connectivity index (χ4n) is 2.50. The van der Waals surface area contributed by atoms with Gasteiger partial charge in [-0.25, -0.2) is 9.59 Å². The topological polar surface area (TPSA) is 107 Å². The first kappa shape index (κ1) is 20.6. The number of esters is 2. The summed E-state index contributed by atoms with van der Waals surface area (Å²) in [5.74, 6) is 0.691. The quantitative estimate of drug-likeness (QED) is 0.509. The Hall–Kier alpha value is -1.68. The molecule has 2 rings (SSSR count). The molecule has 2 heterocycles. The Morgan fingerprint density at radius 1 is 0.962 bits per heavy atom. The molecular weight excluding hydrogens is 376 g/mol. The number of thioether (sulfide) groups is 2. The molecule has 2 fully saturated rings. The standard InChI is InChI=1S/C16H24N4O4S2/c1-3-19-7-9-25-15(13(19)17)23-11(21)5-6-12(22)24-16-14(18)20(4-2)8-10-26-16/h5-6,15-18H,3-4,7-10H2,1-2H3/b6-5+,17-13?,18-14?. The molecule has 2 atom stereocenters. The molecule has 0 saturated carbocycles. The minimum Gasteiger partial charge on any atom is -0.440 e. The van der Waals surface area contributed by atoms with Gasteiger partial charge in [0, 0.05) is 49.8 Å². The van der Waals surface area contributed by atoms with Crippen LogP contribution < -0.4 is 0 Å². The molecule has 0 bridgehead atoms. The smallest absolute Gasteiger partial charge is 0.332 e. The number of carbonyl (C=O) groups is 2. The Kier molecular flexibility index (Phi) is 7.83. The normalized spacial score (nSPS) is 24.1. The maximum Gasteiger partial charge on any atom is 0.332 e. The van der Waals surface area contributed by atoms with Crippen molar-refractivity contribution in [3.8, 4) is 0 Å². The summed E-state index contributed by atoms with van der Waals surface area (Å²) < 4.78 is 10.5. The highest BCUT2D eigenvalue weighted by Gasteiger charge is 2.29. The van der Waals surface area contributed by atoms with Gasteiger partial charge in [0.25, 0.3) is 0 Å². The lowest BCUT2D eigenvalue weighted by molar-refractivity contribution is -0.140. The van der Waals surface area contributed by atoms with Gasteiger partial charge in [-0.05, 0) is 13.8 Å². The number of ether oxygens (including phenoxy) is 2. The third kappa shape index (κ3) is 5.41. The third-order valence-corrected chi connectivity index (χ3v) is 6.04. The van der Waals surface area contributed by atoms with Gasteiger partial charge >= 0.3 is 11.9 Å². The van der Waals surface area contributed by atoms with E-state index in [1.807, 2.05) is 23.6 Å². The van der Waals surface area contributed by atoms with E-state index in [-0.39, 0.29) is 11.7 Å². The molecule has 2 aliphatic heterocycles. The van der Waals surface area contributed by atoms with Crippen molar-refractivity contribution in [2.45, 2.75) is 24.7 Å². The number of rotatable bonds is 6. The van der Waals surface area contributed by atoms with Crippen LogP contribution in [0.1, 0.15) is 13.8 Å². The third-order valence-electron chi connectivity index (χ3n) is 3.95. The Morgan fingerprint density at radius 3 is 1.69 bits per heavy atom. The molecule has 10 heteroatoms. The average molecular weight is 401 g/mol. The highest BCUT2D eigenvalue weighted by molar-refractivity contribution is 8.00. The molecule has 8 nitrogen and oxygen atoms in total. The Labute approximate surface area is 161 Å². The molecule has 26 heavy (non-hydrogen) atoms. The number of carbonyl (C=O) groups excluding carboxylic acids is 2. The van der Waals surface area contributed by atoms with Crippen molar-refractivity contribution < 1.29 is 19.1 Å². The van der Waals surface area contributed by atoms with E-state index in [9.17, 15) is 9.59 Å². The number of hydrogen-bond donors (Lipinski definition) is 2. The maximum absolute atomic E-state index is 11.9. The largest absolute Gasteiger partial charge is 0.440 e. The highest BCUT2D eigenvalue weighted by atomic mass is 32.2. The molecule has 2 aliphatic rings. The maximum atomic E-state index is 11.9. The molecule has 0 spiro atoms. The van der Waals surface area contributed by atoms with Crippen molar-refractivity contribution in [1.82, 2.24) is 9.80 Å². The van der Waals surface area contributed by atoms with Crippen LogP contribution in [-0.4, -0.2) is 82.0 Å². The number of hydrogen-bond acceptors (Lipinski definition) is 8. The summed E-state index contributed by atoms with van der Waals surface area (Å²) in [5, 5.41) is 16.0. The summed E-state index contributed by atoms with van der Waals surface area (Å²) in [4.78, 5) is 27.5. The van der Waals surface area contributed by atoms with Gasteiger partial charge in [-0.1, -0.05) is 0 Å². The van der Waals surface area contributed by atoms with Crippen LogP contribution >= 0.6 is 23.5 Å². The summed E-state index contributed by atoms with van der Waals surface area (Å²) >= 11 is 2.78. The molecule has 0 aliphatic carbocycles.